The second-order valence-electron chi connectivity index (χ2n) is 5.80. The molecule has 5 heteroatoms. The Balaban J connectivity index is 2.02. The van der Waals surface area contributed by atoms with Gasteiger partial charge in [-0.15, -0.1) is 0 Å². The molecular weight excluding hydrogens is 308 g/mol. The largest absolute Gasteiger partial charge is 0.331 e. The maximum Gasteiger partial charge on any atom is 0.259 e. The predicted octanol–water partition coefficient (Wildman–Crippen LogP) is 3.34. The average Bonchev–Trinajstić information content (AvgIpc) is 3.09. The molecular formula is C18H18N2O2S. The number of benzene rings is 1. The smallest absolute Gasteiger partial charge is 0.259 e. The first-order valence-corrected chi connectivity index (χ1v) is 8.45. The van der Waals surface area contributed by atoms with Gasteiger partial charge in [0.2, 0.25) is 0 Å². The van der Waals surface area contributed by atoms with Gasteiger partial charge in [0.15, 0.2) is 0 Å². The van der Waals surface area contributed by atoms with Gasteiger partial charge in [0.05, 0.1) is 5.57 Å². The standard InChI is InChI=1S/C18H18N2O2S/c1-12(2)16-19-17(21)15(14-8-9-23-11-14)10-20(16)18(22)13-6-4-3-5-7-13/h3-12,16H,1-2H3,(H,19,21)/t16-/m0/s1. The molecule has 0 spiro atoms. The quantitative estimate of drug-likeness (QED) is 0.940. The molecule has 1 aromatic heterocycles. The van der Waals surface area contributed by atoms with Crippen LogP contribution in [-0.4, -0.2) is 22.9 Å². The summed E-state index contributed by atoms with van der Waals surface area (Å²) in [5.74, 6) is -0.150. The zero-order valence-electron chi connectivity index (χ0n) is 13.0. The number of thiophene rings is 1. The van der Waals surface area contributed by atoms with E-state index in [1.165, 1.54) is 11.3 Å². The van der Waals surface area contributed by atoms with Gasteiger partial charge >= 0.3 is 0 Å². The molecule has 1 N–H and O–H groups in total. The van der Waals surface area contributed by atoms with Gasteiger partial charge in [-0.1, -0.05) is 32.0 Å². The zero-order valence-corrected chi connectivity index (χ0v) is 13.8. The molecule has 0 bridgehead atoms. The Hall–Kier alpha value is -2.40. The van der Waals surface area contributed by atoms with E-state index in [2.05, 4.69) is 5.32 Å². The summed E-state index contributed by atoms with van der Waals surface area (Å²) < 4.78 is 0. The lowest BCUT2D eigenvalue weighted by molar-refractivity contribution is -0.118. The SMILES string of the molecule is CC(C)[C@H]1NC(=O)C(c2ccsc2)=CN1C(=O)c1ccccc1. The van der Waals surface area contributed by atoms with Crippen molar-refractivity contribution in [2.75, 3.05) is 0 Å². The zero-order chi connectivity index (χ0) is 16.4. The molecule has 1 atom stereocenters. The number of nitrogens with zero attached hydrogens (tertiary/aromatic N) is 1. The first-order valence-electron chi connectivity index (χ1n) is 7.51. The Bertz CT molecular complexity index is 736. The first kappa shape index (κ1) is 15.5. The van der Waals surface area contributed by atoms with Gasteiger partial charge in [0.1, 0.15) is 6.17 Å². The molecule has 0 fully saturated rings. The highest BCUT2D eigenvalue weighted by Crippen LogP contribution is 2.26. The maximum absolute atomic E-state index is 12.9. The van der Waals surface area contributed by atoms with Crippen molar-refractivity contribution in [3.8, 4) is 0 Å². The topological polar surface area (TPSA) is 49.4 Å². The molecule has 3 rings (SSSR count). The van der Waals surface area contributed by atoms with Gasteiger partial charge in [-0.25, -0.2) is 0 Å². The third-order valence-corrected chi connectivity index (χ3v) is 4.49. The summed E-state index contributed by atoms with van der Waals surface area (Å²) in [5, 5.41) is 6.78. The van der Waals surface area contributed by atoms with Crippen LogP contribution in [0.5, 0.6) is 0 Å². The normalized spacial score (nSPS) is 17.9. The van der Waals surface area contributed by atoms with Crippen molar-refractivity contribution in [2.45, 2.75) is 20.0 Å². The highest BCUT2D eigenvalue weighted by molar-refractivity contribution is 7.08. The van der Waals surface area contributed by atoms with Crippen molar-refractivity contribution in [1.29, 1.82) is 0 Å². The predicted molar refractivity (Wildman–Crippen MR) is 91.7 cm³/mol. The minimum Gasteiger partial charge on any atom is -0.331 e. The number of hydrogen-bond donors (Lipinski definition) is 1. The van der Waals surface area contributed by atoms with E-state index in [1.54, 1.807) is 23.2 Å². The number of carbonyl (C=O) groups is 2. The minimum atomic E-state index is -0.349. The Morgan fingerprint density at radius 3 is 2.57 bits per heavy atom. The molecule has 2 amide bonds. The molecule has 1 aliphatic rings. The fourth-order valence-electron chi connectivity index (χ4n) is 2.59. The van der Waals surface area contributed by atoms with Crippen LogP contribution in [0, 0.1) is 5.92 Å². The maximum atomic E-state index is 12.9. The van der Waals surface area contributed by atoms with Crippen molar-refractivity contribution in [2.24, 2.45) is 5.92 Å². The molecule has 0 saturated carbocycles. The number of amides is 2. The number of rotatable bonds is 3. The fraction of sp³-hybridized carbons (Fsp3) is 0.222. The molecule has 0 aliphatic carbocycles. The first-order chi connectivity index (χ1) is 11.1. The second kappa shape index (κ2) is 6.38. The van der Waals surface area contributed by atoms with Crippen molar-refractivity contribution >= 4 is 28.7 Å². The summed E-state index contributed by atoms with van der Waals surface area (Å²) in [6.07, 6.45) is 1.33. The van der Waals surface area contributed by atoms with Crippen LogP contribution in [0.15, 0.2) is 53.4 Å². The van der Waals surface area contributed by atoms with Gasteiger partial charge in [0, 0.05) is 11.8 Å². The van der Waals surface area contributed by atoms with E-state index in [0.717, 1.165) is 5.56 Å². The molecule has 1 aliphatic heterocycles. The fourth-order valence-corrected chi connectivity index (χ4v) is 3.24. The molecule has 0 radical (unpaired) electrons. The summed E-state index contributed by atoms with van der Waals surface area (Å²) in [5.41, 5.74) is 1.96. The van der Waals surface area contributed by atoms with Gasteiger partial charge in [0.25, 0.3) is 11.8 Å². The number of carbonyl (C=O) groups excluding carboxylic acids is 2. The average molecular weight is 326 g/mol. The molecule has 1 aromatic carbocycles. The molecule has 0 unspecified atom stereocenters. The van der Waals surface area contributed by atoms with Crippen LogP contribution in [-0.2, 0) is 4.79 Å². The third-order valence-electron chi connectivity index (χ3n) is 3.81. The van der Waals surface area contributed by atoms with Crippen LogP contribution in [0.2, 0.25) is 0 Å². The van der Waals surface area contributed by atoms with E-state index >= 15 is 0 Å². The highest BCUT2D eigenvalue weighted by Gasteiger charge is 2.33. The second-order valence-corrected chi connectivity index (χ2v) is 6.58. The van der Waals surface area contributed by atoms with Crippen LogP contribution in [0.25, 0.3) is 5.57 Å². The lowest BCUT2D eigenvalue weighted by Gasteiger charge is -2.36. The molecule has 23 heavy (non-hydrogen) atoms. The third kappa shape index (κ3) is 3.05. The lowest BCUT2D eigenvalue weighted by atomic mass is 10.0. The Labute approximate surface area is 139 Å². The molecule has 2 heterocycles. The number of nitrogens with one attached hydrogen (secondary N) is 1. The van der Waals surface area contributed by atoms with Crippen LogP contribution >= 0.6 is 11.3 Å². The van der Waals surface area contributed by atoms with Crippen LogP contribution in [0.3, 0.4) is 0 Å². The summed E-state index contributed by atoms with van der Waals surface area (Å²) in [4.78, 5) is 26.9. The van der Waals surface area contributed by atoms with E-state index in [-0.39, 0.29) is 23.9 Å². The van der Waals surface area contributed by atoms with Crippen molar-refractivity contribution < 1.29 is 9.59 Å². The summed E-state index contributed by atoms with van der Waals surface area (Å²) >= 11 is 1.52. The van der Waals surface area contributed by atoms with E-state index < -0.39 is 0 Å². The summed E-state index contributed by atoms with van der Waals surface area (Å²) in [6.45, 7) is 3.97. The van der Waals surface area contributed by atoms with Gasteiger partial charge in [-0.2, -0.15) is 11.3 Å². The molecule has 2 aromatic rings. The van der Waals surface area contributed by atoms with Gasteiger partial charge in [-0.3, -0.25) is 14.5 Å². The minimum absolute atomic E-state index is 0.104. The molecule has 118 valence electrons. The van der Waals surface area contributed by atoms with E-state index in [0.29, 0.717) is 11.1 Å². The van der Waals surface area contributed by atoms with E-state index in [1.807, 2.05) is 48.9 Å². The Kier molecular flexibility index (Phi) is 4.30. The van der Waals surface area contributed by atoms with Crippen molar-refractivity contribution in [3.63, 3.8) is 0 Å². The lowest BCUT2D eigenvalue weighted by Crippen LogP contribution is -2.54. The summed E-state index contributed by atoms with van der Waals surface area (Å²) in [7, 11) is 0. The Morgan fingerprint density at radius 1 is 1.22 bits per heavy atom. The number of hydrogen-bond acceptors (Lipinski definition) is 3. The summed E-state index contributed by atoms with van der Waals surface area (Å²) in [6, 6.07) is 11.0. The highest BCUT2D eigenvalue weighted by atomic mass is 32.1. The molecule has 0 saturated heterocycles. The van der Waals surface area contributed by atoms with E-state index in [9.17, 15) is 9.59 Å². The van der Waals surface area contributed by atoms with Gasteiger partial charge in [-0.05, 0) is 40.4 Å². The van der Waals surface area contributed by atoms with Crippen LogP contribution in [0.1, 0.15) is 29.8 Å². The monoisotopic (exact) mass is 326 g/mol. The van der Waals surface area contributed by atoms with Gasteiger partial charge < -0.3 is 5.32 Å². The van der Waals surface area contributed by atoms with E-state index in [4.69, 9.17) is 0 Å². The van der Waals surface area contributed by atoms with Crippen LogP contribution < -0.4 is 5.32 Å². The Morgan fingerprint density at radius 2 is 1.96 bits per heavy atom. The van der Waals surface area contributed by atoms with Crippen LogP contribution in [0.4, 0.5) is 0 Å². The van der Waals surface area contributed by atoms with Crippen molar-refractivity contribution in [3.05, 3.63) is 64.5 Å². The van der Waals surface area contributed by atoms with Crippen molar-refractivity contribution in [1.82, 2.24) is 10.2 Å². The molecule has 4 nitrogen and oxygen atoms in total.